The molecule has 1 saturated carbocycles. The van der Waals surface area contributed by atoms with Crippen LogP contribution in [-0.2, 0) is 4.79 Å². The van der Waals surface area contributed by atoms with Crippen LogP contribution >= 0.6 is 0 Å². The Balaban J connectivity index is 2.10. The van der Waals surface area contributed by atoms with E-state index >= 15 is 0 Å². The smallest absolute Gasteiger partial charge is 0.227 e. The van der Waals surface area contributed by atoms with E-state index in [4.69, 9.17) is 0 Å². The van der Waals surface area contributed by atoms with Crippen molar-refractivity contribution in [1.82, 2.24) is 0 Å². The summed E-state index contributed by atoms with van der Waals surface area (Å²) < 4.78 is 13.3. The zero-order valence-electron chi connectivity index (χ0n) is 8.88. The molecule has 15 heavy (non-hydrogen) atoms. The van der Waals surface area contributed by atoms with Gasteiger partial charge in [0.05, 0.1) is 5.69 Å². The molecule has 0 heterocycles. The molecule has 1 aliphatic carbocycles. The molecule has 1 aliphatic rings. The van der Waals surface area contributed by atoms with Crippen molar-refractivity contribution in [1.29, 1.82) is 0 Å². The predicted octanol–water partition coefficient (Wildman–Crippen LogP) is 2.73. The summed E-state index contributed by atoms with van der Waals surface area (Å²) in [6.45, 7) is 3.89. The maximum absolute atomic E-state index is 13.3. The van der Waals surface area contributed by atoms with Crippen LogP contribution in [0.25, 0.3) is 0 Å². The van der Waals surface area contributed by atoms with Crippen LogP contribution in [0.5, 0.6) is 0 Å². The van der Waals surface area contributed by atoms with Gasteiger partial charge < -0.3 is 5.32 Å². The van der Waals surface area contributed by atoms with Crippen LogP contribution in [0.2, 0.25) is 0 Å². The number of rotatable bonds is 2. The first-order valence-electron chi connectivity index (χ1n) is 5.15. The molecular formula is C12H14FNO. The molecule has 0 radical (unpaired) electrons. The van der Waals surface area contributed by atoms with E-state index in [9.17, 15) is 9.18 Å². The molecule has 1 aromatic rings. The second-order valence-corrected chi connectivity index (χ2v) is 4.29. The van der Waals surface area contributed by atoms with Crippen LogP contribution in [-0.4, -0.2) is 5.91 Å². The number of carbonyl (C=O) groups excluding carboxylic acids is 1. The van der Waals surface area contributed by atoms with Crippen molar-refractivity contribution in [3.63, 3.8) is 0 Å². The van der Waals surface area contributed by atoms with Crippen LogP contribution in [0.15, 0.2) is 18.2 Å². The van der Waals surface area contributed by atoms with E-state index < -0.39 is 0 Å². The van der Waals surface area contributed by atoms with Crippen molar-refractivity contribution in [2.24, 2.45) is 11.8 Å². The quantitative estimate of drug-likeness (QED) is 0.793. The Morgan fingerprint density at radius 2 is 2.20 bits per heavy atom. The van der Waals surface area contributed by atoms with Gasteiger partial charge in [0, 0.05) is 5.92 Å². The highest BCUT2D eigenvalue weighted by Crippen LogP contribution is 2.38. The van der Waals surface area contributed by atoms with Crippen LogP contribution in [0, 0.1) is 24.6 Å². The molecule has 2 nitrogen and oxygen atoms in total. The lowest BCUT2D eigenvalue weighted by Crippen LogP contribution is -2.15. The van der Waals surface area contributed by atoms with Gasteiger partial charge in [-0.15, -0.1) is 0 Å². The number of aryl methyl sites for hydroxylation is 1. The second kappa shape index (κ2) is 3.65. The van der Waals surface area contributed by atoms with Gasteiger partial charge in [-0.3, -0.25) is 4.79 Å². The van der Waals surface area contributed by atoms with Crippen molar-refractivity contribution in [2.75, 3.05) is 5.32 Å². The molecule has 80 valence electrons. The molecule has 0 bridgehead atoms. The maximum Gasteiger partial charge on any atom is 0.227 e. The summed E-state index contributed by atoms with van der Waals surface area (Å²) in [5.74, 6) is 0.0806. The zero-order valence-corrected chi connectivity index (χ0v) is 8.88. The number of hydrogen-bond donors (Lipinski definition) is 1. The Morgan fingerprint density at radius 1 is 1.53 bits per heavy atom. The van der Waals surface area contributed by atoms with Crippen molar-refractivity contribution < 1.29 is 9.18 Å². The van der Waals surface area contributed by atoms with E-state index in [1.54, 1.807) is 12.1 Å². The number of amides is 1. The largest absolute Gasteiger partial charge is 0.323 e. The standard InChI is InChI=1S/C12H14FNO/c1-7-3-4-10(13)11(5-7)14-12(15)9-6-8(9)2/h3-5,8-9H,6H2,1-2H3,(H,14,15). The summed E-state index contributed by atoms with van der Waals surface area (Å²) in [6.07, 6.45) is 0.916. The molecular weight excluding hydrogens is 193 g/mol. The van der Waals surface area contributed by atoms with Gasteiger partial charge in [-0.25, -0.2) is 4.39 Å². The molecule has 1 aromatic carbocycles. The first-order valence-corrected chi connectivity index (χ1v) is 5.15. The number of carbonyl (C=O) groups is 1. The monoisotopic (exact) mass is 207 g/mol. The van der Waals surface area contributed by atoms with Crippen molar-refractivity contribution in [2.45, 2.75) is 20.3 Å². The Hall–Kier alpha value is -1.38. The molecule has 2 unspecified atom stereocenters. The van der Waals surface area contributed by atoms with Gasteiger partial charge in [0.25, 0.3) is 0 Å². The summed E-state index contributed by atoms with van der Waals surface area (Å²) >= 11 is 0. The highest BCUT2D eigenvalue weighted by Gasteiger charge is 2.39. The average molecular weight is 207 g/mol. The van der Waals surface area contributed by atoms with E-state index in [1.165, 1.54) is 6.07 Å². The summed E-state index contributed by atoms with van der Waals surface area (Å²) in [7, 11) is 0. The van der Waals surface area contributed by atoms with Gasteiger partial charge in [0.1, 0.15) is 5.82 Å². The van der Waals surface area contributed by atoms with Gasteiger partial charge in [0.15, 0.2) is 0 Å². The minimum atomic E-state index is -0.373. The third-order valence-electron chi connectivity index (χ3n) is 2.83. The van der Waals surface area contributed by atoms with Crippen molar-refractivity contribution in [3.05, 3.63) is 29.6 Å². The number of hydrogen-bond acceptors (Lipinski definition) is 1. The first-order chi connectivity index (χ1) is 7.08. The lowest BCUT2D eigenvalue weighted by atomic mass is 10.2. The van der Waals surface area contributed by atoms with Gasteiger partial charge in [-0.2, -0.15) is 0 Å². The van der Waals surface area contributed by atoms with E-state index in [1.807, 2.05) is 13.8 Å². The van der Waals surface area contributed by atoms with Crippen LogP contribution in [0.3, 0.4) is 0 Å². The van der Waals surface area contributed by atoms with Crippen LogP contribution < -0.4 is 5.32 Å². The summed E-state index contributed by atoms with van der Waals surface area (Å²) in [4.78, 5) is 11.6. The number of halogens is 1. The minimum absolute atomic E-state index is 0.0630. The molecule has 0 aromatic heterocycles. The van der Waals surface area contributed by atoms with Crippen LogP contribution in [0.1, 0.15) is 18.9 Å². The minimum Gasteiger partial charge on any atom is -0.323 e. The summed E-state index contributed by atoms with van der Waals surface area (Å²) in [6, 6.07) is 4.71. The van der Waals surface area contributed by atoms with Crippen LogP contribution in [0.4, 0.5) is 10.1 Å². The van der Waals surface area contributed by atoms with Gasteiger partial charge in [-0.05, 0) is 37.0 Å². The fraction of sp³-hybridized carbons (Fsp3) is 0.417. The molecule has 3 heteroatoms. The first kappa shape index (κ1) is 10.1. The topological polar surface area (TPSA) is 29.1 Å². The van der Waals surface area contributed by atoms with Gasteiger partial charge in [0.2, 0.25) is 5.91 Å². The zero-order chi connectivity index (χ0) is 11.0. The Labute approximate surface area is 88.5 Å². The number of nitrogens with one attached hydrogen (secondary N) is 1. The lowest BCUT2D eigenvalue weighted by molar-refractivity contribution is -0.117. The Bertz CT molecular complexity index is 403. The fourth-order valence-corrected chi connectivity index (χ4v) is 1.65. The highest BCUT2D eigenvalue weighted by atomic mass is 19.1. The van der Waals surface area contributed by atoms with Crippen molar-refractivity contribution in [3.8, 4) is 0 Å². The maximum atomic E-state index is 13.3. The van der Waals surface area contributed by atoms with Crippen molar-refractivity contribution >= 4 is 11.6 Å². The third kappa shape index (κ3) is 2.17. The number of anilines is 1. The molecule has 0 saturated heterocycles. The van der Waals surface area contributed by atoms with E-state index in [0.717, 1.165) is 12.0 Å². The summed E-state index contributed by atoms with van der Waals surface area (Å²) in [5.41, 5.74) is 1.23. The normalized spacial score (nSPS) is 23.7. The molecule has 1 fully saturated rings. The van der Waals surface area contributed by atoms with Gasteiger partial charge >= 0.3 is 0 Å². The molecule has 2 rings (SSSR count). The molecule has 0 aliphatic heterocycles. The molecule has 0 spiro atoms. The van der Waals surface area contributed by atoms with E-state index in [-0.39, 0.29) is 17.6 Å². The fourth-order valence-electron chi connectivity index (χ4n) is 1.65. The number of benzene rings is 1. The van der Waals surface area contributed by atoms with E-state index in [2.05, 4.69) is 5.32 Å². The van der Waals surface area contributed by atoms with Gasteiger partial charge in [-0.1, -0.05) is 13.0 Å². The third-order valence-corrected chi connectivity index (χ3v) is 2.83. The summed E-state index contributed by atoms with van der Waals surface area (Å²) in [5, 5.41) is 2.63. The Kier molecular flexibility index (Phi) is 2.47. The Morgan fingerprint density at radius 3 is 2.80 bits per heavy atom. The second-order valence-electron chi connectivity index (χ2n) is 4.29. The van der Waals surface area contributed by atoms with E-state index in [0.29, 0.717) is 11.6 Å². The predicted molar refractivity (Wildman–Crippen MR) is 57.0 cm³/mol. The molecule has 1 amide bonds. The average Bonchev–Trinajstić information content (AvgIpc) is 2.89. The highest BCUT2D eigenvalue weighted by molar-refractivity contribution is 5.94. The molecule has 2 atom stereocenters. The lowest BCUT2D eigenvalue weighted by Gasteiger charge is -2.06. The molecule has 1 N–H and O–H groups in total. The SMILES string of the molecule is Cc1ccc(F)c(NC(=O)C2CC2C)c1.